The molecule has 1 aliphatic rings. The molecule has 1 saturated carbocycles. The quantitative estimate of drug-likeness (QED) is 0.224. The fourth-order valence-electron chi connectivity index (χ4n) is 4.76. The van der Waals surface area contributed by atoms with Crippen molar-refractivity contribution in [3.63, 3.8) is 0 Å². The van der Waals surface area contributed by atoms with Gasteiger partial charge in [0, 0.05) is 30.2 Å². The van der Waals surface area contributed by atoms with Crippen LogP contribution in [0, 0.1) is 28.9 Å². The number of fused-ring (bicyclic) bond motifs is 1. The van der Waals surface area contributed by atoms with E-state index in [1.807, 2.05) is 10.6 Å². The van der Waals surface area contributed by atoms with Crippen LogP contribution in [-0.4, -0.2) is 25.6 Å². The number of carboxylic acids is 1. The van der Waals surface area contributed by atoms with Gasteiger partial charge in [0.1, 0.15) is 24.1 Å². The van der Waals surface area contributed by atoms with E-state index in [0.717, 1.165) is 31.0 Å². The van der Waals surface area contributed by atoms with E-state index in [2.05, 4.69) is 4.98 Å². The predicted molar refractivity (Wildman–Crippen MR) is 147 cm³/mol. The maximum Gasteiger partial charge on any atom is 0.335 e. The maximum absolute atomic E-state index is 15.4. The summed E-state index contributed by atoms with van der Waals surface area (Å²) in [5, 5.41) is 18.3. The van der Waals surface area contributed by atoms with Crippen LogP contribution in [0.15, 0.2) is 72.8 Å². The Hall–Kier alpha value is -5.10. The van der Waals surface area contributed by atoms with Gasteiger partial charge in [0.2, 0.25) is 5.88 Å². The molecule has 9 heteroatoms. The Morgan fingerprint density at radius 2 is 1.80 bits per heavy atom. The smallest absolute Gasteiger partial charge is 0.335 e. The summed E-state index contributed by atoms with van der Waals surface area (Å²) >= 11 is 0. The second-order valence-electron chi connectivity index (χ2n) is 10.1. The molecule has 0 amide bonds. The number of carboxylic acid groups (broad SMARTS) is 1. The molecule has 0 spiro atoms. The highest BCUT2D eigenvalue weighted by atomic mass is 19.1. The number of benzene rings is 3. The molecule has 1 N–H and O–H groups in total. The van der Waals surface area contributed by atoms with E-state index in [-0.39, 0.29) is 30.0 Å². The van der Waals surface area contributed by atoms with Crippen LogP contribution in [0.1, 0.15) is 45.7 Å². The number of hydrogen-bond donors (Lipinski definition) is 1. The van der Waals surface area contributed by atoms with E-state index < -0.39 is 17.6 Å². The van der Waals surface area contributed by atoms with Gasteiger partial charge in [0.25, 0.3) is 0 Å². The fraction of sp³-hybridized carbons (Fsp3) is 0.188. The summed E-state index contributed by atoms with van der Waals surface area (Å²) in [5.74, 6) is -0.494. The van der Waals surface area contributed by atoms with E-state index in [0.29, 0.717) is 39.6 Å². The van der Waals surface area contributed by atoms with Gasteiger partial charge < -0.3 is 14.4 Å². The Kier molecular flexibility index (Phi) is 6.89. The third-order valence-electron chi connectivity index (χ3n) is 7.19. The van der Waals surface area contributed by atoms with Crippen LogP contribution in [0.25, 0.3) is 22.3 Å². The van der Waals surface area contributed by atoms with Gasteiger partial charge in [-0.1, -0.05) is 24.3 Å². The first-order chi connectivity index (χ1) is 19.9. The second kappa shape index (κ2) is 10.8. The minimum Gasteiger partial charge on any atom is -0.478 e. The summed E-state index contributed by atoms with van der Waals surface area (Å²) in [4.78, 5) is 20.7. The molecule has 1 fully saturated rings. The highest BCUT2D eigenvalue weighted by Gasteiger charge is 2.25. The van der Waals surface area contributed by atoms with Crippen molar-refractivity contribution in [2.24, 2.45) is 5.92 Å². The molecular weight excluding hydrogens is 526 g/mol. The van der Waals surface area contributed by atoms with Crippen molar-refractivity contribution in [1.29, 1.82) is 5.26 Å². The average molecular weight is 551 g/mol. The molecule has 7 nitrogen and oxygen atoms in total. The number of nitriles is 1. The van der Waals surface area contributed by atoms with Crippen LogP contribution in [0.4, 0.5) is 8.78 Å². The molecule has 0 radical (unpaired) electrons. The number of hydrogen-bond acceptors (Lipinski definition) is 5. The number of halogens is 2. The number of ether oxygens (including phenoxy) is 1. The average Bonchev–Trinajstić information content (AvgIpc) is 3.74. The Bertz CT molecular complexity index is 1840. The van der Waals surface area contributed by atoms with Crippen molar-refractivity contribution in [2.75, 3.05) is 0 Å². The Balaban J connectivity index is 1.22. The van der Waals surface area contributed by atoms with E-state index >= 15 is 4.39 Å². The monoisotopic (exact) mass is 550 g/mol. The number of rotatable bonds is 9. The van der Waals surface area contributed by atoms with Gasteiger partial charge in [0.15, 0.2) is 0 Å². The molecule has 0 bridgehead atoms. The van der Waals surface area contributed by atoms with Crippen molar-refractivity contribution in [3.05, 3.63) is 113 Å². The van der Waals surface area contributed by atoms with Gasteiger partial charge in [-0.05, 0) is 66.8 Å². The summed E-state index contributed by atoms with van der Waals surface area (Å²) in [6, 6.07) is 20.9. The lowest BCUT2D eigenvalue weighted by Gasteiger charge is -2.11. The lowest BCUT2D eigenvalue weighted by atomic mass is 10.1. The van der Waals surface area contributed by atoms with Gasteiger partial charge in [-0.2, -0.15) is 5.26 Å². The summed E-state index contributed by atoms with van der Waals surface area (Å²) in [6.45, 7) is 0.648. The largest absolute Gasteiger partial charge is 0.478 e. The first-order valence-corrected chi connectivity index (χ1v) is 13.2. The number of carbonyl (C=O) groups is 1. The van der Waals surface area contributed by atoms with Crippen LogP contribution < -0.4 is 4.74 Å². The molecule has 0 aliphatic heterocycles. The fourth-order valence-corrected chi connectivity index (χ4v) is 4.76. The first-order valence-electron chi connectivity index (χ1n) is 13.2. The lowest BCUT2D eigenvalue weighted by Crippen LogP contribution is -2.07. The van der Waals surface area contributed by atoms with Crippen LogP contribution in [-0.2, 0) is 19.6 Å². The molecule has 2 aromatic heterocycles. The van der Waals surface area contributed by atoms with E-state index in [4.69, 9.17) is 15.0 Å². The molecule has 0 saturated heterocycles. The Morgan fingerprint density at radius 3 is 2.54 bits per heavy atom. The zero-order valence-electron chi connectivity index (χ0n) is 21.8. The summed E-state index contributed by atoms with van der Waals surface area (Å²) < 4.78 is 37.3. The van der Waals surface area contributed by atoms with Crippen molar-refractivity contribution >= 4 is 17.0 Å². The topological polar surface area (TPSA) is 101 Å². The lowest BCUT2D eigenvalue weighted by molar-refractivity contribution is 0.0697. The molecule has 3 aromatic carbocycles. The van der Waals surface area contributed by atoms with Crippen LogP contribution >= 0.6 is 0 Å². The van der Waals surface area contributed by atoms with Crippen molar-refractivity contribution < 1.29 is 23.4 Å². The number of aromatic carboxylic acids is 1. The Morgan fingerprint density at radius 1 is 1.00 bits per heavy atom. The first kappa shape index (κ1) is 26.1. The molecule has 1 aliphatic carbocycles. The number of nitrogens with zero attached hydrogens (tertiary/aromatic N) is 4. The molecule has 2 heterocycles. The molecule has 204 valence electrons. The van der Waals surface area contributed by atoms with Gasteiger partial charge in [-0.25, -0.2) is 23.5 Å². The molecule has 6 rings (SSSR count). The minimum absolute atomic E-state index is 0.0723. The molecule has 41 heavy (non-hydrogen) atoms. The summed E-state index contributed by atoms with van der Waals surface area (Å²) in [6.07, 6.45) is 2.47. The van der Waals surface area contributed by atoms with Crippen LogP contribution in [0.2, 0.25) is 0 Å². The standard InChI is InChI=1S/C32H24F2N4O3/c33-25-12-20(16-35)6-7-24(25)18-41-31-3-1-2-27(37-31)22-9-8-21(26(34)13-22)15-30-36-28-11-10-23(32(39)40)14-29(28)38(30)17-19-4-5-19/h1-3,6-14,19H,4-5,15,17-18H2,(H,39,40). The van der Waals surface area contributed by atoms with E-state index in [1.165, 1.54) is 24.3 Å². The second-order valence-corrected chi connectivity index (χ2v) is 10.1. The third-order valence-corrected chi connectivity index (χ3v) is 7.19. The van der Waals surface area contributed by atoms with Gasteiger partial charge in [0.05, 0.1) is 33.9 Å². The van der Waals surface area contributed by atoms with E-state index in [1.54, 1.807) is 42.5 Å². The number of pyridine rings is 1. The third kappa shape index (κ3) is 5.63. The molecule has 5 aromatic rings. The highest BCUT2D eigenvalue weighted by molar-refractivity contribution is 5.92. The number of aromatic nitrogens is 3. The predicted octanol–water partition coefficient (Wildman–Crippen LogP) is 6.53. The highest BCUT2D eigenvalue weighted by Crippen LogP contribution is 2.33. The van der Waals surface area contributed by atoms with Crippen molar-refractivity contribution in [1.82, 2.24) is 14.5 Å². The van der Waals surface area contributed by atoms with Crippen LogP contribution in [0.3, 0.4) is 0 Å². The van der Waals surface area contributed by atoms with Crippen LogP contribution in [0.5, 0.6) is 5.88 Å². The summed E-state index contributed by atoms with van der Waals surface area (Å²) in [7, 11) is 0. The summed E-state index contributed by atoms with van der Waals surface area (Å²) in [5.41, 5.74) is 3.65. The van der Waals surface area contributed by atoms with Gasteiger partial charge in [-0.3, -0.25) is 0 Å². The molecule has 0 atom stereocenters. The minimum atomic E-state index is -1.00. The zero-order chi connectivity index (χ0) is 28.5. The zero-order valence-corrected chi connectivity index (χ0v) is 21.8. The van der Waals surface area contributed by atoms with Gasteiger partial charge in [-0.15, -0.1) is 0 Å². The number of imidazole rings is 1. The van der Waals surface area contributed by atoms with Crippen molar-refractivity contribution in [3.8, 4) is 23.2 Å². The normalized spacial score (nSPS) is 12.8. The Labute approximate surface area is 234 Å². The SMILES string of the molecule is N#Cc1ccc(COc2cccc(-c3ccc(Cc4nc5ccc(C(=O)O)cc5n4CC4CC4)c(F)c3)n2)c(F)c1. The van der Waals surface area contributed by atoms with Gasteiger partial charge >= 0.3 is 5.97 Å². The van der Waals surface area contributed by atoms with E-state index in [9.17, 15) is 14.3 Å². The maximum atomic E-state index is 15.4. The molecular formula is C32H24F2N4O3. The van der Waals surface area contributed by atoms with Crippen molar-refractivity contribution in [2.45, 2.75) is 32.4 Å². The molecule has 0 unspecified atom stereocenters.